The summed E-state index contributed by atoms with van der Waals surface area (Å²) in [5.41, 5.74) is 0. The van der Waals surface area contributed by atoms with Gasteiger partial charge >= 0.3 is 11.9 Å². The number of carbonyl (C=O) groups is 2. The van der Waals surface area contributed by atoms with E-state index in [0.717, 1.165) is 12.1 Å². The minimum atomic E-state index is -4.41. The zero-order chi connectivity index (χ0) is 13.1. The molecule has 0 aliphatic carbocycles. The topological polar surface area (TPSA) is 118 Å². The molecule has 1 aromatic carbocycles. The van der Waals surface area contributed by atoms with Gasteiger partial charge in [0.05, 0.1) is 4.90 Å². The van der Waals surface area contributed by atoms with Gasteiger partial charge in [0, 0.05) is 0 Å². The van der Waals surface area contributed by atoms with Gasteiger partial charge < -0.3 is 10.2 Å². The smallest absolute Gasteiger partial charge is 0.346 e. The van der Waals surface area contributed by atoms with Crippen molar-refractivity contribution in [2.45, 2.75) is 11.0 Å². The molecule has 92 valence electrons. The molecule has 0 aromatic heterocycles. The molecule has 0 unspecified atom stereocenters. The monoisotopic (exact) mass is 260 g/mol. The molecular weight excluding hydrogens is 252 g/mol. The summed E-state index contributed by atoms with van der Waals surface area (Å²) in [6.45, 7) is 0. The molecule has 0 radical (unpaired) electrons. The summed E-state index contributed by atoms with van der Waals surface area (Å²) >= 11 is 0. The zero-order valence-electron chi connectivity index (χ0n) is 8.31. The van der Waals surface area contributed by atoms with Crippen LogP contribution in [0, 0.1) is 0 Å². The highest BCUT2D eigenvalue weighted by atomic mass is 32.2. The molecule has 0 saturated heterocycles. The van der Waals surface area contributed by atoms with Crippen LogP contribution in [0.3, 0.4) is 0 Å². The Hall–Kier alpha value is -1.93. The largest absolute Gasteiger partial charge is 0.479 e. The Kier molecular flexibility index (Phi) is 3.81. The molecule has 0 fully saturated rings. The van der Waals surface area contributed by atoms with Gasteiger partial charge in [-0.15, -0.1) is 0 Å². The third kappa shape index (κ3) is 3.26. The molecule has 0 aliphatic heterocycles. The summed E-state index contributed by atoms with van der Waals surface area (Å²) in [5, 5.41) is 17.0. The van der Waals surface area contributed by atoms with Crippen molar-refractivity contribution in [3.63, 3.8) is 0 Å². The quantitative estimate of drug-likeness (QED) is 0.561. The maximum absolute atomic E-state index is 11.5. The average molecular weight is 260 g/mol. The number of carboxylic acids is 2. The molecule has 0 aliphatic rings. The summed E-state index contributed by atoms with van der Waals surface area (Å²) in [5.74, 6) is -3.78. The molecule has 17 heavy (non-hydrogen) atoms. The van der Waals surface area contributed by atoms with E-state index in [4.69, 9.17) is 10.2 Å². The summed E-state index contributed by atoms with van der Waals surface area (Å²) < 4.78 is 27.1. The second-order valence-corrected chi connectivity index (χ2v) is 4.49. The van der Waals surface area contributed by atoms with Gasteiger partial charge in [-0.05, 0) is 12.1 Å². The van der Waals surface area contributed by atoms with Crippen molar-refractivity contribution in [3.05, 3.63) is 30.3 Å². The lowest BCUT2D eigenvalue weighted by Gasteiger charge is -2.09. The van der Waals surface area contributed by atoms with Crippen LogP contribution in [0.25, 0.3) is 0 Å². The maximum atomic E-state index is 11.5. The van der Waals surface area contributed by atoms with Crippen molar-refractivity contribution in [2.75, 3.05) is 0 Å². The molecule has 8 heteroatoms. The fourth-order valence-corrected chi connectivity index (χ4v) is 1.98. The second kappa shape index (κ2) is 4.93. The third-order valence-corrected chi connectivity index (χ3v) is 3.00. The standard InChI is InChI=1S/C9H8O7S/c10-8(11)7(9(12)13)16-17(14,15)6-4-2-1-3-5-6/h1-5,7H,(H,10,11)(H,12,13). The molecule has 1 aromatic rings. The van der Waals surface area contributed by atoms with Crippen LogP contribution in [0.5, 0.6) is 0 Å². The van der Waals surface area contributed by atoms with Crippen LogP contribution in [-0.2, 0) is 23.9 Å². The Balaban J connectivity index is 3.02. The lowest BCUT2D eigenvalue weighted by Crippen LogP contribution is -2.34. The van der Waals surface area contributed by atoms with Crippen molar-refractivity contribution in [2.24, 2.45) is 0 Å². The van der Waals surface area contributed by atoms with E-state index in [-0.39, 0.29) is 4.90 Å². The van der Waals surface area contributed by atoms with Gasteiger partial charge in [0.1, 0.15) is 0 Å². The fraction of sp³-hybridized carbons (Fsp3) is 0.111. The summed E-state index contributed by atoms with van der Waals surface area (Å²) in [4.78, 5) is 20.6. The number of benzene rings is 1. The normalized spacial score (nSPS) is 11.4. The molecule has 0 spiro atoms. The van der Waals surface area contributed by atoms with E-state index in [2.05, 4.69) is 4.18 Å². The molecule has 0 heterocycles. The summed E-state index contributed by atoms with van der Waals surface area (Å²) in [6.07, 6.45) is -2.46. The Bertz CT molecular complexity index is 506. The first-order valence-corrected chi connectivity index (χ1v) is 5.69. The van der Waals surface area contributed by atoms with Crippen molar-refractivity contribution >= 4 is 22.1 Å². The Morgan fingerprint density at radius 1 is 1.06 bits per heavy atom. The highest BCUT2D eigenvalue weighted by Gasteiger charge is 2.33. The van der Waals surface area contributed by atoms with E-state index in [1.807, 2.05) is 0 Å². The Morgan fingerprint density at radius 2 is 1.53 bits per heavy atom. The Morgan fingerprint density at radius 3 is 1.94 bits per heavy atom. The predicted octanol–water partition coefficient (Wildman–Crippen LogP) is -0.0703. The first-order valence-electron chi connectivity index (χ1n) is 4.28. The van der Waals surface area contributed by atoms with E-state index in [9.17, 15) is 18.0 Å². The third-order valence-electron chi connectivity index (χ3n) is 1.70. The maximum Gasteiger partial charge on any atom is 0.346 e. The van der Waals surface area contributed by atoms with Gasteiger partial charge in [-0.1, -0.05) is 18.2 Å². The first kappa shape index (κ1) is 13.1. The van der Waals surface area contributed by atoms with E-state index < -0.39 is 28.2 Å². The molecule has 0 amide bonds. The predicted molar refractivity (Wildman–Crippen MR) is 53.8 cm³/mol. The minimum absolute atomic E-state index is 0.312. The Labute approximate surface area is 96.4 Å². The number of rotatable bonds is 5. The zero-order valence-corrected chi connectivity index (χ0v) is 9.12. The van der Waals surface area contributed by atoms with Crippen LogP contribution in [0.15, 0.2) is 35.2 Å². The second-order valence-electron chi connectivity index (χ2n) is 2.92. The highest BCUT2D eigenvalue weighted by Crippen LogP contribution is 2.13. The molecule has 0 bridgehead atoms. The van der Waals surface area contributed by atoms with Gasteiger partial charge in [0.15, 0.2) is 0 Å². The molecule has 7 nitrogen and oxygen atoms in total. The van der Waals surface area contributed by atoms with Crippen LogP contribution < -0.4 is 0 Å². The highest BCUT2D eigenvalue weighted by molar-refractivity contribution is 7.86. The van der Waals surface area contributed by atoms with E-state index in [1.165, 1.54) is 12.1 Å². The van der Waals surface area contributed by atoms with Crippen LogP contribution in [0.4, 0.5) is 0 Å². The van der Waals surface area contributed by atoms with Gasteiger partial charge in [-0.25, -0.2) is 13.8 Å². The number of aliphatic carboxylic acids is 2. The summed E-state index contributed by atoms with van der Waals surface area (Å²) in [6, 6.07) is 6.66. The van der Waals surface area contributed by atoms with Gasteiger partial charge in [-0.3, -0.25) is 0 Å². The van der Waals surface area contributed by atoms with Crippen molar-refractivity contribution in [1.82, 2.24) is 0 Å². The van der Waals surface area contributed by atoms with Crippen molar-refractivity contribution in [3.8, 4) is 0 Å². The molecule has 0 saturated carbocycles. The van der Waals surface area contributed by atoms with Crippen LogP contribution >= 0.6 is 0 Å². The average Bonchev–Trinajstić information content (AvgIpc) is 2.26. The van der Waals surface area contributed by atoms with E-state index >= 15 is 0 Å². The molecular formula is C9H8O7S. The molecule has 1 rings (SSSR count). The van der Waals surface area contributed by atoms with Gasteiger partial charge in [0.25, 0.3) is 16.2 Å². The van der Waals surface area contributed by atoms with Gasteiger partial charge in [0.2, 0.25) is 0 Å². The molecule has 0 atom stereocenters. The number of carboxylic acid groups (broad SMARTS) is 2. The SMILES string of the molecule is O=C(O)C(OS(=O)(=O)c1ccccc1)C(=O)O. The van der Waals surface area contributed by atoms with E-state index in [0.29, 0.717) is 0 Å². The fourth-order valence-electron chi connectivity index (χ4n) is 0.957. The number of hydrogen-bond donors (Lipinski definition) is 2. The van der Waals surface area contributed by atoms with Crippen LogP contribution in [0.2, 0.25) is 0 Å². The summed E-state index contributed by atoms with van der Waals surface area (Å²) in [7, 11) is -4.41. The van der Waals surface area contributed by atoms with E-state index in [1.54, 1.807) is 6.07 Å². The number of hydrogen-bond acceptors (Lipinski definition) is 5. The first-order chi connectivity index (χ1) is 7.84. The lowest BCUT2D eigenvalue weighted by molar-refractivity contribution is -0.158. The van der Waals surface area contributed by atoms with Crippen LogP contribution in [0.1, 0.15) is 0 Å². The van der Waals surface area contributed by atoms with Gasteiger partial charge in [-0.2, -0.15) is 8.42 Å². The minimum Gasteiger partial charge on any atom is -0.479 e. The lowest BCUT2D eigenvalue weighted by atomic mass is 10.4. The van der Waals surface area contributed by atoms with Crippen molar-refractivity contribution in [1.29, 1.82) is 0 Å². The van der Waals surface area contributed by atoms with Crippen molar-refractivity contribution < 1.29 is 32.4 Å². The molecule has 2 N–H and O–H groups in total. The van der Waals surface area contributed by atoms with Crippen LogP contribution in [-0.4, -0.2) is 36.7 Å².